The third-order valence-electron chi connectivity index (χ3n) is 4.56. The predicted octanol–water partition coefficient (Wildman–Crippen LogP) is 5.41. The largest absolute Gasteiger partial charge is 0.452 e. The van der Waals surface area contributed by atoms with Crippen LogP contribution in [0.3, 0.4) is 0 Å². The van der Waals surface area contributed by atoms with Gasteiger partial charge in [0, 0.05) is 17.6 Å². The molecule has 1 amide bonds. The Morgan fingerprint density at radius 3 is 2.61 bits per heavy atom. The second-order valence-electron chi connectivity index (χ2n) is 6.41. The van der Waals surface area contributed by atoms with Gasteiger partial charge in [-0.2, -0.15) is 5.26 Å². The molecule has 0 bridgehead atoms. The molecule has 0 aliphatic carbocycles. The fraction of sp³-hybridized carbons (Fsp3) is 0.0909. The standard InChI is InChI=1S/C22H14BrFN2O2/c23-17-9-7-14(8-10-17)12-26-13-16-4-2-6-19(20(16)22(26)27)28-21-15(11-25)3-1-5-18(21)24/h1-10H,12-13H2. The Balaban J connectivity index is 1.64. The van der Waals surface area contributed by atoms with Crippen LogP contribution in [-0.2, 0) is 13.1 Å². The van der Waals surface area contributed by atoms with Crippen molar-refractivity contribution in [2.75, 3.05) is 0 Å². The molecule has 0 saturated heterocycles. The summed E-state index contributed by atoms with van der Waals surface area (Å²) in [6.07, 6.45) is 0. The molecule has 138 valence electrons. The van der Waals surface area contributed by atoms with Crippen molar-refractivity contribution in [2.45, 2.75) is 13.1 Å². The number of carbonyl (C=O) groups excluding carboxylic acids is 1. The van der Waals surface area contributed by atoms with Crippen LogP contribution in [0.2, 0.25) is 0 Å². The third kappa shape index (κ3) is 3.37. The second-order valence-corrected chi connectivity index (χ2v) is 7.32. The number of benzene rings is 3. The molecule has 1 aliphatic heterocycles. The van der Waals surface area contributed by atoms with E-state index in [1.54, 1.807) is 17.0 Å². The first-order valence-corrected chi connectivity index (χ1v) is 9.38. The van der Waals surface area contributed by atoms with Crippen molar-refractivity contribution in [3.05, 3.63) is 93.2 Å². The average molecular weight is 437 g/mol. The molecule has 0 fully saturated rings. The lowest BCUT2D eigenvalue weighted by molar-refractivity contribution is 0.0764. The SMILES string of the molecule is N#Cc1cccc(F)c1Oc1cccc2c1C(=O)N(Cc1ccc(Br)cc1)C2. The zero-order valence-corrected chi connectivity index (χ0v) is 16.2. The van der Waals surface area contributed by atoms with Gasteiger partial charge in [-0.1, -0.05) is 46.3 Å². The molecule has 0 saturated carbocycles. The lowest BCUT2D eigenvalue weighted by atomic mass is 10.1. The molecular weight excluding hydrogens is 423 g/mol. The molecule has 0 N–H and O–H groups in total. The number of rotatable bonds is 4. The van der Waals surface area contributed by atoms with Crippen molar-refractivity contribution in [3.63, 3.8) is 0 Å². The van der Waals surface area contributed by atoms with Gasteiger partial charge >= 0.3 is 0 Å². The maximum atomic E-state index is 14.2. The third-order valence-corrected chi connectivity index (χ3v) is 5.09. The summed E-state index contributed by atoms with van der Waals surface area (Å²) in [5, 5.41) is 9.22. The van der Waals surface area contributed by atoms with Crippen LogP contribution in [0.4, 0.5) is 4.39 Å². The molecule has 3 aromatic rings. The van der Waals surface area contributed by atoms with E-state index in [1.807, 2.05) is 36.4 Å². The molecule has 1 heterocycles. The van der Waals surface area contributed by atoms with Crippen molar-refractivity contribution in [2.24, 2.45) is 0 Å². The minimum Gasteiger partial charge on any atom is -0.452 e. The van der Waals surface area contributed by atoms with E-state index in [2.05, 4.69) is 15.9 Å². The predicted molar refractivity (Wildman–Crippen MR) is 105 cm³/mol. The van der Waals surface area contributed by atoms with Crippen LogP contribution >= 0.6 is 15.9 Å². The zero-order valence-electron chi connectivity index (χ0n) is 14.7. The van der Waals surface area contributed by atoms with Gasteiger partial charge in [-0.3, -0.25) is 4.79 Å². The number of nitriles is 1. The number of para-hydroxylation sites is 1. The van der Waals surface area contributed by atoms with Crippen LogP contribution in [0, 0.1) is 17.1 Å². The summed E-state index contributed by atoms with van der Waals surface area (Å²) in [6.45, 7) is 0.910. The summed E-state index contributed by atoms with van der Waals surface area (Å²) in [5.74, 6) is -0.739. The van der Waals surface area contributed by atoms with E-state index >= 15 is 0 Å². The Morgan fingerprint density at radius 2 is 1.86 bits per heavy atom. The van der Waals surface area contributed by atoms with E-state index in [4.69, 9.17) is 4.74 Å². The van der Waals surface area contributed by atoms with E-state index in [1.165, 1.54) is 18.2 Å². The summed E-state index contributed by atoms with van der Waals surface area (Å²) < 4.78 is 20.9. The van der Waals surface area contributed by atoms with E-state index in [9.17, 15) is 14.4 Å². The highest BCUT2D eigenvalue weighted by Gasteiger charge is 2.31. The number of amides is 1. The van der Waals surface area contributed by atoms with Gasteiger partial charge in [0.1, 0.15) is 11.8 Å². The van der Waals surface area contributed by atoms with Gasteiger partial charge in [0.25, 0.3) is 5.91 Å². The highest BCUT2D eigenvalue weighted by atomic mass is 79.9. The summed E-state index contributed by atoms with van der Waals surface area (Å²) in [5.41, 5.74) is 2.31. The summed E-state index contributed by atoms with van der Waals surface area (Å²) in [4.78, 5) is 14.7. The minimum atomic E-state index is -0.645. The minimum absolute atomic E-state index is 0.0785. The Morgan fingerprint density at radius 1 is 1.11 bits per heavy atom. The molecule has 0 radical (unpaired) electrons. The van der Waals surface area contributed by atoms with E-state index in [-0.39, 0.29) is 23.0 Å². The van der Waals surface area contributed by atoms with Crippen molar-refractivity contribution >= 4 is 21.8 Å². The molecule has 0 spiro atoms. The molecule has 0 aromatic heterocycles. The highest BCUT2D eigenvalue weighted by molar-refractivity contribution is 9.10. The summed E-state index contributed by atoms with van der Waals surface area (Å²) in [7, 11) is 0. The quantitative estimate of drug-likeness (QED) is 0.549. The van der Waals surface area contributed by atoms with E-state index < -0.39 is 5.82 Å². The van der Waals surface area contributed by atoms with Gasteiger partial charge in [-0.25, -0.2) is 4.39 Å². The van der Waals surface area contributed by atoms with Gasteiger partial charge < -0.3 is 9.64 Å². The molecular formula is C22H14BrFN2O2. The fourth-order valence-electron chi connectivity index (χ4n) is 3.22. The number of hydrogen-bond acceptors (Lipinski definition) is 3. The first-order chi connectivity index (χ1) is 13.6. The number of hydrogen-bond donors (Lipinski definition) is 0. The van der Waals surface area contributed by atoms with Crippen molar-refractivity contribution in [3.8, 4) is 17.6 Å². The number of nitrogens with zero attached hydrogens (tertiary/aromatic N) is 2. The van der Waals surface area contributed by atoms with Crippen LogP contribution in [0.25, 0.3) is 0 Å². The highest BCUT2D eigenvalue weighted by Crippen LogP contribution is 2.36. The van der Waals surface area contributed by atoms with Crippen LogP contribution in [0.5, 0.6) is 11.5 Å². The number of halogens is 2. The molecule has 3 aromatic carbocycles. The molecule has 4 nitrogen and oxygen atoms in total. The molecule has 28 heavy (non-hydrogen) atoms. The summed E-state index contributed by atoms with van der Waals surface area (Å²) >= 11 is 3.40. The maximum absolute atomic E-state index is 14.2. The Labute approximate surface area is 169 Å². The Hall–Kier alpha value is -3.17. The van der Waals surface area contributed by atoms with Crippen LogP contribution < -0.4 is 4.74 Å². The van der Waals surface area contributed by atoms with Crippen LogP contribution in [0.1, 0.15) is 27.0 Å². The average Bonchev–Trinajstić information content (AvgIpc) is 3.01. The van der Waals surface area contributed by atoms with Gasteiger partial charge in [0.15, 0.2) is 11.6 Å². The number of carbonyl (C=O) groups is 1. The fourth-order valence-corrected chi connectivity index (χ4v) is 3.48. The first-order valence-electron chi connectivity index (χ1n) is 8.59. The number of fused-ring (bicyclic) bond motifs is 1. The van der Waals surface area contributed by atoms with Gasteiger partial charge in [0.05, 0.1) is 11.1 Å². The Bertz CT molecular complexity index is 1110. The zero-order chi connectivity index (χ0) is 19.7. The number of ether oxygens (including phenoxy) is 1. The molecule has 1 aliphatic rings. The van der Waals surface area contributed by atoms with Crippen LogP contribution in [0.15, 0.2) is 65.1 Å². The lowest BCUT2D eigenvalue weighted by Crippen LogP contribution is -2.23. The lowest BCUT2D eigenvalue weighted by Gasteiger charge is -2.16. The van der Waals surface area contributed by atoms with Crippen molar-refractivity contribution < 1.29 is 13.9 Å². The van der Waals surface area contributed by atoms with Crippen LogP contribution in [-0.4, -0.2) is 10.8 Å². The van der Waals surface area contributed by atoms with Crippen molar-refractivity contribution in [1.82, 2.24) is 4.90 Å². The normalized spacial score (nSPS) is 12.6. The molecule has 0 unspecified atom stereocenters. The van der Waals surface area contributed by atoms with E-state index in [0.717, 1.165) is 15.6 Å². The summed E-state index contributed by atoms with van der Waals surface area (Å²) in [6, 6.07) is 19.1. The molecule has 4 rings (SSSR count). The van der Waals surface area contributed by atoms with E-state index in [0.29, 0.717) is 18.7 Å². The first kappa shape index (κ1) is 18.2. The molecule has 6 heteroatoms. The van der Waals surface area contributed by atoms with Gasteiger partial charge in [-0.15, -0.1) is 0 Å². The van der Waals surface area contributed by atoms with Crippen molar-refractivity contribution in [1.29, 1.82) is 5.26 Å². The molecule has 0 atom stereocenters. The second kappa shape index (κ2) is 7.45. The monoisotopic (exact) mass is 436 g/mol. The smallest absolute Gasteiger partial charge is 0.258 e. The maximum Gasteiger partial charge on any atom is 0.258 e. The van der Waals surface area contributed by atoms with Gasteiger partial charge in [0.2, 0.25) is 0 Å². The Kier molecular flexibility index (Phi) is 4.84. The topological polar surface area (TPSA) is 53.3 Å². The van der Waals surface area contributed by atoms with Gasteiger partial charge in [-0.05, 0) is 41.5 Å².